The van der Waals surface area contributed by atoms with Crippen LogP contribution in [0.15, 0.2) is 72.8 Å². The van der Waals surface area contributed by atoms with Gasteiger partial charge in [-0.2, -0.15) is 0 Å². The molecular weight excluding hydrogens is 462 g/mol. The molecular formula is C26H25Cl2FN2O2. The number of hydrogen-bond donors (Lipinski definition) is 1. The van der Waals surface area contributed by atoms with Crippen LogP contribution in [0.1, 0.15) is 23.6 Å². The van der Waals surface area contributed by atoms with Gasteiger partial charge in [0.25, 0.3) is 0 Å². The highest BCUT2D eigenvalue weighted by Gasteiger charge is 2.30. The van der Waals surface area contributed by atoms with E-state index in [1.54, 1.807) is 30.3 Å². The van der Waals surface area contributed by atoms with E-state index in [0.717, 1.165) is 5.56 Å². The molecule has 0 fully saturated rings. The number of nitrogens with zero attached hydrogens (tertiary/aromatic N) is 1. The Hall–Kier alpha value is -2.89. The van der Waals surface area contributed by atoms with Gasteiger partial charge in [-0.1, -0.05) is 71.7 Å². The van der Waals surface area contributed by atoms with Gasteiger partial charge in [-0.05, 0) is 47.9 Å². The first-order valence-electron chi connectivity index (χ1n) is 10.7. The van der Waals surface area contributed by atoms with E-state index in [9.17, 15) is 14.0 Å². The van der Waals surface area contributed by atoms with Crippen molar-refractivity contribution in [3.8, 4) is 0 Å². The Balaban J connectivity index is 1.96. The van der Waals surface area contributed by atoms with E-state index in [0.29, 0.717) is 34.1 Å². The second-order valence-corrected chi connectivity index (χ2v) is 8.50. The molecule has 172 valence electrons. The van der Waals surface area contributed by atoms with E-state index >= 15 is 0 Å². The summed E-state index contributed by atoms with van der Waals surface area (Å²) in [6.45, 7) is 2.42. The summed E-state index contributed by atoms with van der Waals surface area (Å²) in [5, 5.41) is 3.70. The zero-order valence-electron chi connectivity index (χ0n) is 18.2. The minimum absolute atomic E-state index is 0.00188. The van der Waals surface area contributed by atoms with E-state index in [1.165, 1.54) is 17.0 Å². The van der Waals surface area contributed by atoms with Crippen LogP contribution in [0.3, 0.4) is 0 Å². The molecule has 7 heteroatoms. The highest BCUT2D eigenvalue weighted by molar-refractivity contribution is 6.35. The van der Waals surface area contributed by atoms with Gasteiger partial charge >= 0.3 is 0 Å². The number of carbonyl (C=O) groups is 2. The van der Waals surface area contributed by atoms with Crippen molar-refractivity contribution >= 4 is 35.0 Å². The zero-order valence-corrected chi connectivity index (χ0v) is 19.7. The molecule has 33 heavy (non-hydrogen) atoms. The number of rotatable bonds is 9. The summed E-state index contributed by atoms with van der Waals surface area (Å²) in [7, 11) is 0. The fraction of sp³-hybridized carbons (Fsp3) is 0.231. The van der Waals surface area contributed by atoms with Crippen LogP contribution in [0.4, 0.5) is 4.39 Å². The molecule has 3 aromatic rings. The number of hydrogen-bond acceptors (Lipinski definition) is 2. The molecule has 4 nitrogen and oxygen atoms in total. The van der Waals surface area contributed by atoms with E-state index < -0.39 is 6.04 Å². The van der Waals surface area contributed by atoms with Gasteiger partial charge in [0.2, 0.25) is 11.8 Å². The van der Waals surface area contributed by atoms with Crippen molar-refractivity contribution in [2.45, 2.75) is 32.4 Å². The van der Waals surface area contributed by atoms with E-state index in [2.05, 4.69) is 5.32 Å². The van der Waals surface area contributed by atoms with E-state index in [4.69, 9.17) is 23.2 Å². The van der Waals surface area contributed by atoms with Gasteiger partial charge in [-0.25, -0.2) is 4.39 Å². The Morgan fingerprint density at radius 1 is 0.970 bits per heavy atom. The molecule has 0 bridgehead atoms. The summed E-state index contributed by atoms with van der Waals surface area (Å²) in [5.41, 5.74) is 2.26. The summed E-state index contributed by atoms with van der Waals surface area (Å²) >= 11 is 12.3. The molecule has 0 radical (unpaired) electrons. The summed E-state index contributed by atoms with van der Waals surface area (Å²) in [4.78, 5) is 28.2. The van der Waals surface area contributed by atoms with Crippen LogP contribution < -0.4 is 5.32 Å². The molecule has 0 aromatic heterocycles. The van der Waals surface area contributed by atoms with Crippen molar-refractivity contribution in [3.05, 3.63) is 105 Å². The first kappa shape index (κ1) is 24.7. The Morgan fingerprint density at radius 2 is 1.67 bits per heavy atom. The maximum absolute atomic E-state index is 13.5. The van der Waals surface area contributed by atoms with Crippen LogP contribution in [0.2, 0.25) is 10.0 Å². The third-order valence-corrected chi connectivity index (χ3v) is 5.83. The third-order valence-electron chi connectivity index (χ3n) is 5.25. The Kier molecular flexibility index (Phi) is 8.87. The molecule has 0 aliphatic heterocycles. The molecule has 3 aromatic carbocycles. The van der Waals surface area contributed by atoms with Gasteiger partial charge in [0.15, 0.2) is 0 Å². The van der Waals surface area contributed by atoms with Gasteiger partial charge in [-0.3, -0.25) is 9.59 Å². The largest absolute Gasteiger partial charge is 0.355 e. The number of benzene rings is 3. The van der Waals surface area contributed by atoms with Crippen LogP contribution in [0.25, 0.3) is 0 Å². The smallest absolute Gasteiger partial charge is 0.243 e. The minimum atomic E-state index is -0.754. The van der Waals surface area contributed by atoms with Crippen molar-refractivity contribution in [3.63, 3.8) is 0 Å². The highest BCUT2D eigenvalue weighted by Crippen LogP contribution is 2.23. The van der Waals surface area contributed by atoms with Gasteiger partial charge in [0.1, 0.15) is 11.9 Å². The predicted octanol–water partition coefficient (Wildman–Crippen LogP) is 5.45. The molecule has 0 aliphatic rings. The van der Waals surface area contributed by atoms with E-state index in [1.807, 2.05) is 37.3 Å². The third kappa shape index (κ3) is 7.04. The normalized spacial score (nSPS) is 11.6. The van der Waals surface area contributed by atoms with Crippen LogP contribution in [0.5, 0.6) is 0 Å². The standard InChI is InChI=1S/C26H25Cl2FN2O2/c1-2-30-26(33)24(14-18-6-4-3-5-7-18)31(17-19-8-12-22(29)13-9-19)25(32)15-20-10-11-21(27)16-23(20)28/h3-13,16,24H,2,14-15,17H2,1H3,(H,30,33)/t24-/m1/s1. The second kappa shape index (κ2) is 11.8. The quantitative estimate of drug-likeness (QED) is 0.437. The SMILES string of the molecule is CCNC(=O)[C@@H](Cc1ccccc1)N(Cc1ccc(F)cc1)C(=O)Cc1ccc(Cl)cc1Cl. The van der Waals surface area contributed by atoms with Gasteiger partial charge in [0.05, 0.1) is 6.42 Å². The highest BCUT2D eigenvalue weighted by atomic mass is 35.5. The van der Waals surface area contributed by atoms with Crippen molar-refractivity contribution in [2.24, 2.45) is 0 Å². The molecule has 1 N–H and O–H groups in total. The van der Waals surface area contributed by atoms with Crippen molar-refractivity contribution in [2.75, 3.05) is 6.54 Å². The molecule has 0 aliphatic carbocycles. The lowest BCUT2D eigenvalue weighted by Gasteiger charge is -2.31. The maximum Gasteiger partial charge on any atom is 0.243 e. The number of likely N-dealkylation sites (N-methyl/N-ethyl adjacent to an activating group) is 1. The molecule has 1 atom stereocenters. The van der Waals surface area contributed by atoms with Gasteiger partial charge < -0.3 is 10.2 Å². The lowest BCUT2D eigenvalue weighted by atomic mass is 10.0. The van der Waals surface area contributed by atoms with Gasteiger partial charge in [-0.15, -0.1) is 0 Å². The molecule has 0 saturated carbocycles. The Morgan fingerprint density at radius 3 is 2.30 bits per heavy atom. The Bertz CT molecular complexity index is 1090. The lowest BCUT2D eigenvalue weighted by molar-refractivity contribution is -0.140. The summed E-state index contributed by atoms with van der Waals surface area (Å²) < 4.78 is 13.5. The van der Waals surface area contributed by atoms with Crippen molar-refractivity contribution < 1.29 is 14.0 Å². The molecule has 2 amide bonds. The lowest BCUT2D eigenvalue weighted by Crippen LogP contribution is -2.51. The molecule has 3 rings (SSSR count). The summed E-state index contributed by atoms with van der Waals surface area (Å²) in [6.07, 6.45) is 0.343. The Labute approximate surface area is 203 Å². The second-order valence-electron chi connectivity index (χ2n) is 7.66. The average molecular weight is 487 g/mol. The average Bonchev–Trinajstić information content (AvgIpc) is 2.80. The maximum atomic E-state index is 13.5. The topological polar surface area (TPSA) is 49.4 Å². The fourth-order valence-electron chi connectivity index (χ4n) is 3.56. The molecule has 0 heterocycles. The number of carbonyl (C=O) groups excluding carboxylic acids is 2. The molecule has 0 saturated heterocycles. The van der Waals surface area contributed by atoms with Crippen LogP contribution in [0, 0.1) is 5.82 Å². The first-order chi connectivity index (χ1) is 15.9. The number of halogens is 3. The van der Waals surface area contributed by atoms with E-state index in [-0.39, 0.29) is 30.6 Å². The van der Waals surface area contributed by atoms with Crippen LogP contribution in [-0.4, -0.2) is 29.3 Å². The van der Waals surface area contributed by atoms with Crippen molar-refractivity contribution in [1.82, 2.24) is 10.2 Å². The first-order valence-corrected chi connectivity index (χ1v) is 11.4. The fourth-order valence-corrected chi connectivity index (χ4v) is 4.04. The molecule has 0 spiro atoms. The summed E-state index contributed by atoms with van der Waals surface area (Å²) in [5.74, 6) is -0.885. The zero-order chi connectivity index (χ0) is 23.8. The minimum Gasteiger partial charge on any atom is -0.355 e. The summed E-state index contributed by atoms with van der Waals surface area (Å²) in [6, 6.07) is 19.6. The number of nitrogens with one attached hydrogen (secondary N) is 1. The van der Waals surface area contributed by atoms with Gasteiger partial charge in [0, 0.05) is 29.6 Å². The monoisotopic (exact) mass is 486 g/mol. The number of amides is 2. The molecule has 0 unspecified atom stereocenters. The van der Waals surface area contributed by atoms with Crippen LogP contribution in [-0.2, 0) is 29.0 Å². The van der Waals surface area contributed by atoms with Crippen LogP contribution >= 0.6 is 23.2 Å². The predicted molar refractivity (Wildman–Crippen MR) is 130 cm³/mol. The van der Waals surface area contributed by atoms with Crippen molar-refractivity contribution in [1.29, 1.82) is 0 Å².